The van der Waals surface area contributed by atoms with Crippen LogP contribution in [0.5, 0.6) is 5.75 Å². The number of piperidine rings is 3. The lowest BCUT2D eigenvalue weighted by Crippen LogP contribution is -2.57. The summed E-state index contributed by atoms with van der Waals surface area (Å²) in [4.78, 5) is 2.43. The number of fused-ring (bicyclic) bond motifs is 5. The summed E-state index contributed by atoms with van der Waals surface area (Å²) in [5.74, 6) is 2.87. The molecule has 5 aliphatic rings. The Balaban J connectivity index is 1.49. The van der Waals surface area contributed by atoms with Gasteiger partial charge in [0.05, 0.1) is 13.2 Å². The molecule has 5 nitrogen and oxygen atoms in total. The van der Waals surface area contributed by atoms with Gasteiger partial charge in [-0.15, -0.1) is 6.58 Å². The maximum atomic E-state index is 11.3. The first kappa shape index (κ1) is 15.3. The molecule has 1 aromatic rings. The molecule has 3 unspecified atom stereocenters. The van der Waals surface area contributed by atoms with Gasteiger partial charge in [0.15, 0.2) is 5.76 Å². The predicted octanol–water partition coefficient (Wildman–Crippen LogP) is 2.45. The van der Waals surface area contributed by atoms with Gasteiger partial charge in [0.2, 0.25) is 6.23 Å². The summed E-state index contributed by atoms with van der Waals surface area (Å²) in [6, 6.07) is 6.08. The van der Waals surface area contributed by atoms with E-state index in [-0.39, 0.29) is 12.3 Å². The van der Waals surface area contributed by atoms with Crippen molar-refractivity contribution in [2.24, 2.45) is 11.8 Å². The average molecular weight is 340 g/mol. The minimum atomic E-state index is -0.540. The minimum absolute atomic E-state index is 0.0813. The molecule has 6 rings (SSSR count). The van der Waals surface area contributed by atoms with Gasteiger partial charge in [0.25, 0.3) is 0 Å². The highest BCUT2D eigenvalue weighted by Gasteiger charge is 2.48. The largest absolute Gasteiger partial charge is 0.497 e. The van der Waals surface area contributed by atoms with Crippen LogP contribution in [-0.4, -0.2) is 48.6 Å². The highest BCUT2D eigenvalue weighted by atomic mass is 16.6. The van der Waals surface area contributed by atoms with Crippen LogP contribution in [-0.2, 0) is 4.74 Å². The first-order chi connectivity index (χ1) is 12.2. The molecule has 2 N–H and O–H groups in total. The van der Waals surface area contributed by atoms with Crippen LogP contribution in [0.2, 0.25) is 0 Å². The lowest BCUT2D eigenvalue weighted by Gasteiger charge is -2.50. The Bertz CT molecular complexity index is 759. The van der Waals surface area contributed by atoms with E-state index in [1.54, 1.807) is 7.11 Å². The van der Waals surface area contributed by atoms with Gasteiger partial charge in [-0.1, -0.05) is 6.08 Å². The molecule has 2 bridgehead atoms. The van der Waals surface area contributed by atoms with Crippen molar-refractivity contribution >= 4 is 11.3 Å². The molecule has 0 saturated carbocycles. The van der Waals surface area contributed by atoms with Crippen LogP contribution < -0.4 is 10.1 Å². The number of aliphatic hydroxyl groups excluding tert-OH is 1. The molecule has 4 fully saturated rings. The molecule has 0 aliphatic carbocycles. The van der Waals surface area contributed by atoms with E-state index in [9.17, 15) is 5.11 Å². The van der Waals surface area contributed by atoms with Crippen molar-refractivity contribution in [2.75, 3.05) is 25.5 Å². The van der Waals surface area contributed by atoms with Gasteiger partial charge in [-0.05, 0) is 49.4 Å². The second-order valence-corrected chi connectivity index (χ2v) is 7.52. The lowest BCUT2D eigenvalue weighted by molar-refractivity contribution is -0.0255. The first-order valence-electron chi connectivity index (χ1n) is 9.10. The minimum Gasteiger partial charge on any atom is -0.497 e. The number of nitrogens with zero attached hydrogens (tertiary/aromatic N) is 1. The molecule has 0 aromatic heterocycles. The average Bonchev–Trinajstić information content (AvgIpc) is 3.44. The number of anilines is 1. The highest BCUT2D eigenvalue weighted by molar-refractivity contribution is 5.86. The Kier molecular flexibility index (Phi) is 3.37. The van der Waals surface area contributed by atoms with Crippen molar-refractivity contribution in [3.63, 3.8) is 0 Å². The van der Waals surface area contributed by atoms with Crippen molar-refractivity contribution in [1.29, 1.82) is 0 Å². The van der Waals surface area contributed by atoms with Crippen molar-refractivity contribution in [1.82, 2.24) is 4.90 Å². The van der Waals surface area contributed by atoms with Crippen LogP contribution in [0.4, 0.5) is 5.69 Å². The van der Waals surface area contributed by atoms with Crippen molar-refractivity contribution < 1.29 is 14.6 Å². The van der Waals surface area contributed by atoms with Gasteiger partial charge >= 0.3 is 0 Å². The topological polar surface area (TPSA) is 57.3 Å². The SMILES string of the molecule is C=C[C@H]1CN2CCC1C[C@H]2[C@H](O)C1=C2OC2Nc2ccc(OC)cc21. The molecule has 1 aromatic carbocycles. The molecule has 6 atom stereocenters. The smallest absolute Gasteiger partial charge is 0.228 e. The Morgan fingerprint density at radius 2 is 2.36 bits per heavy atom. The van der Waals surface area contributed by atoms with Gasteiger partial charge < -0.3 is 19.9 Å². The van der Waals surface area contributed by atoms with Gasteiger partial charge in [0.1, 0.15) is 5.75 Å². The number of benzene rings is 1. The predicted molar refractivity (Wildman–Crippen MR) is 96.2 cm³/mol. The zero-order valence-electron chi connectivity index (χ0n) is 14.4. The number of ether oxygens (including phenoxy) is 2. The Morgan fingerprint density at radius 1 is 1.48 bits per heavy atom. The third kappa shape index (κ3) is 2.29. The Hall–Kier alpha value is -1.98. The van der Waals surface area contributed by atoms with Crippen LogP contribution in [0.1, 0.15) is 18.4 Å². The normalized spacial score (nSPS) is 35.8. The van der Waals surface area contributed by atoms with E-state index in [4.69, 9.17) is 9.47 Å². The summed E-state index contributed by atoms with van der Waals surface area (Å²) in [5, 5.41) is 14.7. The van der Waals surface area contributed by atoms with Gasteiger partial charge in [-0.2, -0.15) is 0 Å². The van der Waals surface area contributed by atoms with E-state index in [1.807, 2.05) is 18.2 Å². The molecule has 0 radical (unpaired) electrons. The Morgan fingerprint density at radius 3 is 3.08 bits per heavy atom. The van der Waals surface area contributed by atoms with E-state index in [0.717, 1.165) is 47.8 Å². The summed E-state index contributed by atoms with van der Waals surface area (Å²) in [5.41, 5.74) is 2.94. The zero-order chi connectivity index (χ0) is 17.1. The number of nitrogens with one attached hydrogen (secondary N) is 1. The summed E-state index contributed by atoms with van der Waals surface area (Å²) in [6.45, 7) is 6.06. The molecule has 4 saturated heterocycles. The van der Waals surface area contributed by atoms with Gasteiger partial charge in [0, 0.05) is 29.4 Å². The number of aliphatic hydroxyl groups is 1. The third-order valence-electron chi connectivity index (χ3n) is 6.31. The molecule has 5 heteroatoms. The second-order valence-electron chi connectivity index (χ2n) is 7.52. The zero-order valence-corrected chi connectivity index (χ0v) is 14.4. The third-order valence-corrected chi connectivity index (χ3v) is 6.31. The molecule has 25 heavy (non-hydrogen) atoms. The van der Waals surface area contributed by atoms with E-state index in [0.29, 0.717) is 11.8 Å². The van der Waals surface area contributed by atoms with E-state index in [2.05, 4.69) is 22.9 Å². The van der Waals surface area contributed by atoms with Crippen molar-refractivity contribution in [2.45, 2.75) is 31.2 Å². The van der Waals surface area contributed by atoms with E-state index < -0.39 is 6.10 Å². The van der Waals surface area contributed by atoms with Crippen LogP contribution >= 0.6 is 0 Å². The molecule has 5 aliphatic heterocycles. The monoisotopic (exact) mass is 340 g/mol. The standard InChI is InChI=1S/C20H24N2O3/c1-3-11-10-22-7-6-12(11)8-16(22)18(23)17-14-9-13(24-2)4-5-15(14)21-20-19(17)25-20/h3-5,9,11-12,16,18,20-21,23H,1,6-8,10H2,2H3/t11-,12?,16-,18-,20?/m0/s1. The number of hydrogen-bond acceptors (Lipinski definition) is 5. The van der Waals surface area contributed by atoms with E-state index in [1.165, 1.54) is 6.42 Å². The maximum absolute atomic E-state index is 11.3. The van der Waals surface area contributed by atoms with E-state index >= 15 is 0 Å². The van der Waals surface area contributed by atoms with Crippen LogP contribution in [0.25, 0.3) is 5.57 Å². The summed E-state index contributed by atoms with van der Waals surface area (Å²) < 4.78 is 11.1. The summed E-state index contributed by atoms with van der Waals surface area (Å²) >= 11 is 0. The van der Waals surface area contributed by atoms with Crippen molar-refractivity contribution in [3.8, 4) is 5.75 Å². The molecule has 132 valence electrons. The first-order valence-corrected chi connectivity index (χ1v) is 9.10. The number of methoxy groups -OCH3 is 1. The molecule has 0 spiro atoms. The summed E-state index contributed by atoms with van der Waals surface area (Å²) in [6.07, 6.45) is 3.69. The molecular weight excluding hydrogens is 316 g/mol. The number of hydrogen-bond donors (Lipinski definition) is 2. The second kappa shape index (κ2) is 5.51. The number of epoxide rings is 1. The highest BCUT2D eigenvalue weighted by Crippen LogP contribution is 2.48. The van der Waals surface area contributed by atoms with Gasteiger partial charge in [-0.25, -0.2) is 0 Å². The van der Waals surface area contributed by atoms with Gasteiger partial charge in [-0.3, -0.25) is 4.90 Å². The maximum Gasteiger partial charge on any atom is 0.228 e. The lowest BCUT2D eigenvalue weighted by atomic mass is 9.73. The molecular formula is C20H24N2O3. The molecule has 0 amide bonds. The molecule has 5 heterocycles. The van der Waals surface area contributed by atoms with Crippen molar-refractivity contribution in [3.05, 3.63) is 42.2 Å². The van der Waals surface area contributed by atoms with Crippen LogP contribution in [0, 0.1) is 11.8 Å². The fourth-order valence-corrected chi connectivity index (χ4v) is 4.87. The fraction of sp³-hybridized carbons (Fsp3) is 0.500. The number of rotatable bonds is 4. The van der Waals surface area contributed by atoms with Crippen LogP contribution in [0.3, 0.4) is 0 Å². The van der Waals surface area contributed by atoms with Crippen LogP contribution in [0.15, 0.2) is 36.6 Å². The summed E-state index contributed by atoms with van der Waals surface area (Å²) in [7, 11) is 1.67. The Labute approximate surface area is 147 Å². The quantitative estimate of drug-likeness (QED) is 0.651. The fourth-order valence-electron chi connectivity index (χ4n) is 4.87.